The third kappa shape index (κ3) is 2.77. The maximum absolute atomic E-state index is 12.8. The Morgan fingerprint density at radius 1 is 1.38 bits per heavy atom. The van der Waals surface area contributed by atoms with Crippen LogP contribution in [0, 0.1) is 5.92 Å². The van der Waals surface area contributed by atoms with E-state index in [0.717, 1.165) is 37.1 Å². The van der Waals surface area contributed by atoms with E-state index in [0.29, 0.717) is 6.61 Å². The lowest BCUT2D eigenvalue weighted by Crippen LogP contribution is -2.51. The van der Waals surface area contributed by atoms with E-state index in [2.05, 4.69) is 0 Å². The highest BCUT2D eigenvalue weighted by atomic mass is 16.5. The molecule has 1 aromatic rings. The number of para-hydroxylation sites is 1. The van der Waals surface area contributed by atoms with E-state index in [1.54, 1.807) is 13.8 Å². The zero-order valence-corrected chi connectivity index (χ0v) is 12.7. The first-order valence-electron chi connectivity index (χ1n) is 7.70. The summed E-state index contributed by atoms with van der Waals surface area (Å²) in [6.07, 6.45) is 2.56. The molecule has 2 aliphatic heterocycles. The highest BCUT2D eigenvalue weighted by Gasteiger charge is 2.41. The number of benzene rings is 1. The van der Waals surface area contributed by atoms with Crippen LogP contribution in [0.5, 0.6) is 5.75 Å². The molecule has 2 heterocycles. The fraction of sp³-hybridized carbons (Fsp3) is 0.588. The molecule has 0 spiro atoms. The van der Waals surface area contributed by atoms with Crippen LogP contribution < -0.4 is 4.74 Å². The van der Waals surface area contributed by atoms with E-state index in [9.17, 15) is 9.90 Å². The van der Waals surface area contributed by atoms with Crippen LogP contribution in [0.3, 0.4) is 0 Å². The predicted octanol–water partition coefficient (Wildman–Crippen LogP) is 2.00. The summed E-state index contributed by atoms with van der Waals surface area (Å²) in [6.45, 7) is 4.75. The topological polar surface area (TPSA) is 49.8 Å². The molecule has 0 bridgehead atoms. The Hall–Kier alpha value is -1.55. The van der Waals surface area contributed by atoms with Crippen molar-refractivity contribution in [3.05, 3.63) is 29.8 Å². The number of amides is 1. The lowest BCUT2D eigenvalue weighted by molar-refractivity contribution is -0.142. The molecule has 2 aliphatic rings. The van der Waals surface area contributed by atoms with Crippen molar-refractivity contribution in [3.8, 4) is 5.75 Å². The van der Waals surface area contributed by atoms with Gasteiger partial charge in [-0.25, -0.2) is 0 Å². The molecule has 1 aromatic carbocycles. The fourth-order valence-electron chi connectivity index (χ4n) is 3.49. The summed E-state index contributed by atoms with van der Waals surface area (Å²) >= 11 is 0. The zero-order chi connectivity index (χ0) is 15.0. The van der Waals surface area contributed by atoms with E-state index in [1.807, 2.05) is 29.2 Å². The second-order valence-corrected chi connectivity index (χ2v) is 6.66. The summed E-state index contributed by atoms with van der Waals surface area (Å²) in [5, 5.41) is 10.3. The van der Waals surface area contributed by atoms with Crippen molar-refractivity contribution in [3.63, 3.8) is 0 Å². The standard InChI is InChI=1S/C17H23NO3/c1-17(2,20)15-8-5-9-18(15)16(19)13-10-12-6-3-4-7-14(12)21-11-13/h3-4,6-7,13,15,20H,5,8-11H2,1-2H3. The quantitative estimate of drug-likeness (QED) is 0.906. The largest absolute Gasteiger partial charge is 0.492 e. The summed E-state index contributed by atoms with van der Waals surface area (Å²) in [7, 11) is 0. The number of ether oxygens (including phenoxy) is 1. The van der Waals surface area contributed by atoms with E-state index in [4.69, 9.17) is 4.74 Å². The lowest BCUT2D eigenvalue weighted by atomic mass is 9.92. The Bertz CT molecular complexity index is 535. The van der Waals surface area contributed by atoms with Gasteiger partial charge in [-0.15, -0.1) is 0 Å². The molecule has 2 atom stereocenters. The monoisotopic (exact) mass is 289 g/mol. The van der Waals surface area contributed by atoms with Gasteiger partial charge in [0.1, 0.15) is 12.4 Å². The summed E-state index contributed by atoms with van der Waals surface area (Å²) in [4.78, 5) is 14.7. The lowest BCUT2D eigenvalue weighted by Gasteiger charge is -2.36. The van der Waals surface area contributed by atoms with Crippen molar-refractivity contribution < 1.29 is 14.6 Å². The van der Waals surface area contributed by atoms with E-state index < -0.39 is 5.60 Å². The molecule has 1 saturated heterocycles. The number of aliphatic hydroxyl groups is 1. The van der Waals surface area contributed by atoms with E-state index >= 15 is 0 Å². The van der Waals surface area contributed by atoms with Gasteiger partial charge in [0.15, 0.2) is 0 Å². The Morgan fingerprint density at radius 2 is 2.14 bits per heavy atom. The minimum atomic E-state index is -0.848. The fourth-order valence-corrected chi connectivity index (χ4v) is 3.49. The van der Waals surface area contributed by atoms with Crippen LogP contribution in [0.1, 0.15) is 32.3 Å². The van der Waals surface area contributed by atoms with Gasteiger partial charge in [0.2, 0.25) is 5.91 Å². The smallest absolute Gasteiger partial charge is 0.229 e. The average Bonchev–Trinajstić information content (AvgIpc) is 2.95. The number of nitrogens with zero attached hydrogens (tertiary/aromatic N) is 1. The molecule has 21 heavy (non-hydrogen) atoms. The van der Waals surface area contributed by atoms with Crippen LogP contribution in [0.2, 0.25) is 0 Å². The van der Waals surface area contributed by atoms with Gasteiger partial charge in [-0.1, -0.05) is 18.2 Å². The highest BCUT2D eigenvalue weighted by molar-refractivity contribution is 5.80. The number of carbonyl (C=O) groups is 1. The SMILES string of the molecule is CC(C)(O)C1CCCN1C(=O)C1COc2ccccc2C1. The summed E-state index contributed by atoms with van der Waals surface area (Å²) in [5.74, 6) is 0.874. The minimum absolute atomic E-state index is 0.0813. The van der Waals surface area contributed by atoms with Gasteiger partial charge in [0.25, 0.3) is 0 Å². The highest BCUT2D eigenvalue weighted by Crippen LogP contribution is 2.32. The normalized spacial score (nSPS) is 25.4. The molecule has 3 rings (SSSR count). The van der Waals surface area contributed by atoms with Gasteiger partial charge in [0, 0.05) is 6.54 Å². The molecule has 0 aromatic heterocycles. The number of rotatable bonds is 2. The van der Waals surface area contributed by atoms with E-state index in [1.165, 1.54) is 0 Å². The number of hydrogen-bond acceptors (Lipinski definition) is 3. The third-order valence-electron chi connectivity index (χ3n) is 4.58. The molecular formula is C17H23NO3. The molecule has 1 fully saturated rings. The number of carbonyl (C=O) groups excluding carboxylic acids is 1. The molecule has 4 heteroatoms. The van der Waals surface area contributed by atoms with Gasteiger partial charge in [-0.2, -0.15) is 0 Å². The van der Waals surface area contributed by atoms with Crippen molar-refractivity contribution >= 4 is 5.91 Å². The van der Waals surface area contributed by atoms with Gasteiger partial charge >= 0.3 is 0 Å². The van der Waals surface area contributed by atoms with Crippen LogP contribution in [-0.2, 0) is 11.2 Å². The molecule has 2 unspecified atom stereocenters. The first-order valence-corrected chi connectivity index (χ1v) is 7.70. The Balaban J connectivity index is 1.75. The first kappa shape index (κ1) is 14.4. The number of hydrogen-bond donors (Lipinski definition) is 1. The van der Waals surface area contributed by atoms with Crippen LogP contribution in [0.4, 0.5) is 0 Å². The maximum atomic E-state index is 12.8. The van der Waals surface area contributed by atoms with Crippen LogP contribution in [-0.4, -0.2) is 40.7 Å². The van der Waals surface area contributed by atoms with Crippen molar-refractivity contribution in [1.82, 2.24) is 4.90 Å². The molecule has 1 amide bonds. The van der Waals surface area contributed by atoms with Gasteiger partial charge in [0.05, 0.1) is 17.6 Å². The number of likely N-dealkylation sites (tertiary alicyclic amines) is 1. The Labute approximate surface area is 125 Å². The molecular weight excluding hydrogens is 266 g/mol. The average molecular weight is 289 g/mol. The first-order chi connectivity index (χ1) is 9.97. The molecule has 0 aliphatic carbocycles. The van der Waals surface area contributed by atoms with Crippen molar-refractivity contribution in [2.75, 3.05) is 13.2 Å². The van der Waals surface area contributed by atoms with Gasteiger partial charge in [-0.05, 0) is 44.7 Å². The van der Waals surface area contributed by atoms with Gasteiger partial charge < -0.3 is 14.7 Å². The molecule has 0 saturated carbocycles. The van der Waals surface area contributed by atoms with Crippen molar-refractivity contribution in [2.45, 2.75) is 44.8 Å². The third-order valence-corrected chi connectivity index (χ3v) is 4.58. The maximum Gasteiger partial charge on any atom is 0.229 e. The van der Waals surface area contributed by atoms with Crippen molar-refractivity contribution in [2.24, 2.45) is 5.92 Å². The Kier molecular flexibility index (Phi) is 3.66. The summed E-state index contributed by atoms with van der Waals surface area (Å²) < 4.78 is 5.73. The second kappa shape index (κ2) is 5.34. The Morgan fingerprint density at radius 3 is 2.90 bits per heavy atom. The van der Waals surface area contributed by atoms with Gasteiger partial charge in [-0.3, -0.25) is 4.79 Å². The summed E-state index contributed by atoms with van der Waals surface area (Å²) in [5.41, 5.74) is 0.251. The molecule has 0 radical (unpaired) electrons. The van der Waals surface area contributed by atoms with Crippen molar-refractivity contribution in [1.29, 1.82) is 0 Å². The van der Waals surface area contributed by atoms with Crippen LogP contribution >= 0.6 is 0 Å². The summed E-state index contributed by atoms with van der Waals surface area (Å²) in [6, 6.07) is 7.82. The molecule has 1 N–H and O–H groups in total. The number of fused-ring (bicyclic) bond motifs is 1. The molecule has 4 nitrogen and oxygen atoms in total. The van der Waals surface area contributed by atoms with Crippen LogP contribution in [0.15, 0.2) is 24.3 Å². The van der Waals surface area contributed by atoms with Crippen LogP contribution in [0.25, 0.3) is 0 Å². The zero-order valence-electron chi connectivity index (χ0n) is 12.7. The second-order valence-electron chi connectivity index (χ2n) is 6.66. The molecule has 114 valence electrons. The minimum Gasteiger partial charge on any atom is -0.492 e. The predicted molar refractivity (Wildman–Crippen MR) is 80.2 cm³/mol. The van der Waals surface area contributed by atoms with E-state index in [-0.39, 0.29) is 17.9 Å².